The largest absolute Gasteiger partial charge is 0.497 e. The maximum Gasteiger partial charge on any atom is 0.224 e. The highest BCUT2D eigenvalue weighted by atomic mass is 16.5. The van der Waals surface area contributed by atoms with Crippen molar-refractivity contribution in [1.82, 2.24) is 14.9 Å². The van der Waals surface area contributed by atoms with Crippen LogP contribution >= 0.6 is 0 Å². The van der Waals surface area contributed by atoms with Gasteiger partial charge in [-0.25, -0.2) is 4.98 Å². The zero-order chi connectivity index (χ0) is 23.8. The Hall–Kier alpha value is -3.60. The molecule has 0 saturated heterocycles. The van der Waals surface area contributed by atoms with Crippen LogP contribution in [0.2, 0.25) is 0 Å². The van der Waals surface area contributed by atoms with Crippen molar-refractivity contribution >= 4 is 16.9 Å². The molecule has 0 bridgehead atoms. The maximum atomic E-state index is 12.2. The standard InChI is InChI=1S/C29H33N3O2/c1-22-10-5-6-11-24(22)21-32-27-13-8-7-12-26(27)31-28(32)14-4-3-9-19-30-29(33)20-23-15-17-25(34-2)18-16-23/h5-8,10-13,15-18H,3-4,9,14,19-21H2,1-2H3,(H,30,33). The fourth-order valence-electron chi connectivity index (χ4n) is 4.25. The van der Waals surface area contributed by atoms with Gasteiger partial charge >= 0.3 is 0 Å². The van der Waals surface area contributed by atoms with Crippen molar-refractivity contribution in [2.24, 2.45) is 0 Å². The number of imidazole rings is 1. The van der Waals surface area contributed by atoms with E-state index in [1.54, 1.807) is 7.11 Å². The Labute approximate surface area is 201 Å². The predicted octanol–water partition coefficient (Wildman–Crippen LogP) is 5.47. The molecule has 1 amide bonds. The summed E-state index contributed by atoms with van der Waals surface area (Å²) in [5, 5.41) is 3.04. The van der Waals surface area contributed by atoms with E-state index in [0.717, 1.165) is 54.9 Å². The molecule has 1 N–H and O–H groups in total. The molecule has 0 aliphatic carbocycles. The molecular weight excluding hydrogens is 422 g/mol. The van der Waals surface area contributed by atoms with E-state index in [2.05, 4.69) is 59.3 Å². The highest BCUT2D eigenvalue weighted by Gasteiger charge is 2.11. The Balaban J connectivity index is 1.26. The number of nitrogens with one attached hydrogen (secondary N) is 1. The molecule has 1 aromatic heterocycles. The number of aryl methyl sites for hydroxylation is 2. The van der Waals surface area contributed by atoms with Crippen molar-refractivity contribution in [1.29, 1.82) is 0 Å². The van der Waals surface area contributed by atoms with E-state index in [9.17, 15) is 4.79 Å². The average Bonchev–Trinajstić information content (AvgIpc) is 3.20. The fourth-order valence-corrected chi connectivity index (χ4v) is 4.25. The van der Waals surface area contributed by atoms with Crippen LogP contribution in [0.1, 0.15) is 41.8 Å². The van der Waals surface area contributed by atoms with Gasteiger partial charge in [-0.2, -0.15) is 0 Å². The van der Waals surface area contributed by atoms with E-state index in [4.69, 9.17) is 9.72 Å². The molecule has 0 atom stereocenters. The van der Waals surface area contributed by atoms with Crippen LogP contribution in [0.3, 0.4) is 0 Å². The number of aromatic nitrogens is 2. The van der Waals surface area contributed by atoms with Crippen LogP contribution in [0.15, 0.2) is 72.8 Å². The highest BCUT2D eigenvalue weighted by Crippen LogP contribution is 2.21. The molecule has 0 unspecified atom stereocenters. The molecule has 0 aliphatic rings. The van der Waals surface area contributed by atoms with Gasteiger partial charge in [0.2, 0.25) is 5.91 Å². The van der Waals surface area contributed by atoms with E-state index >= 15 is 0 Å². The summed E-state index contributed by atoms with van der Waals surface area (Å²) in [5.74, 6) is 2.00. The van der Waals surface area contributed by atoms with Crippen molar-refractivity contribution in [3.8, 4) is 5.75 Å². The molecule has 0 aliphatic heterocycles. The summed E-state index contributed by atoms with van der Waals surface area (Å²) in [6.07, 6.45) is 4.39. The molecule has 0 saturated carbocycles. The smallest absolute Gasteiger partial charge is 0.224 e. The molecule has 5 nitrogen and oxygen atoms in total. The molecule has 1 heterocycles. The first-order valence-corrected chi connectivity index (χ1v) is 12.0. The van der Waals surface area contributed by atoms with Gasteiger partial charge in [-0.3, -0.25) is 4.79 Å². The van der Waals surface area contributed by atoms with Crippen LogP contribution in [-0.4, -0.2) is 29.1 Å². The van der Waals surface area contributed by atoms with Crippen LogP contribution in [0.4, 0.5) is 0 Å². The van der Waals surface area contributed by atoms with E-state index in [1.807, 2.05) is 30.3 Å². The number of unbranched alkanes of at least 4 members (excludes halogenated alkanes) is 2. The van der Waals surface area contributed by atoms with Gasteiger partial charge in [-0.05, 0) is 60.7 Å². The number of nitrogens with zero attached hydrogens (tertiary/aromatic N) is 2. The van der Waals surface area contributed by atoms with Gasteiger partial charge in [0.05, 0.1) is 24.6 Å². The fraction of sp³-hybridized carbons (Fsp3) is 0.310. The van der Waals surface area contributed by atoms with Crippen LogP contribution in [0, 0.1) is 6.92 Å². The van der Waals surface area contributed by atoms with E-state index < -0.39 is 0 Å². The lowest BCUT2D eigenvalue weighted by Gasteiger charge is -2.12. The number of para-hydroxylation sites is 2. The molecule has 4 aromatic rings. The molecule has 34 heavy (non-hydrogen) atoms. The Morgan fingerprint density at radius 1 is 0.941 bits per heavy atom. The summed E-state index contributed by atoms with van der Waals surface area (Å²) in [5.41, 5.74) is 5.86. The van der Waals surface area contributed by atoms with Gasteiger partial charge in [0.15, 0.2) is 0 Å². The number of carbonyl (C=O) groups is 1. The van der Waals surface area contributed by atoms with Crippen molar-refractivity contribution in [3.05, 3.63) is 95.3 Å². The van der Waals surface area contributed by atoms with Crippen molar-refractivity contribution in [2.45, 2.75) is 45.6 Å². The molecule has 0 fully saturated rings. The topological polar surface area (TPSA) is 56.1 Å². The lowest BCUT2D eigenvalue weighted by molar-refractivity contribution is -0.120. The highest BCUT2D eigenvalue weighted by molar-refractivity contribution is 5.78. The van der Waals surface area contributed by atoms with Crippen LogP contribution in [0.5, 0.6) is 5.75 Å². The minimum atomic E-state index is 0.0604. The zero-order valence-electron chi connectivity index (χ0n) is 20.1. The molecule has 5 heteroatoms. The summed E-state index contributed by atoms with van der Waals surface area (Å²) < 4.78 is 7.52. The van der Waals surface area contributed by atoms with E-state index in [1.165, 1.54) is 16.6 Å². The van der Waals surface area contributed by atoms with E-state index in [0.29, 0.717) is 13.0 Å². The minimum absolute atomic E-state index is 0.0604. The van der Waals surface area contributed by atoms with Crippen LogP contribution < -0.4 is 10.1 Å². The van der Waals surface area contributed by atoms with Gasteiger partial charge in [0.25, 0.3) is 0 Å². The lowest BCUT2D eigenvalue weighted by Crippen LogP contribution is -2.26. The first-order chi connectivity index (χ1) is 16.6. The quantitative estimate of drug-likeness (QED) is 0.305. The first-order valence-electron chi connectivity index (χ1n) is 12.0. The van der Waals surface area contributed by atoms with Gasteiger partial charge < -0.3 is 14.6 Å². The number of methoxy groups -OCH3 is 1. The zero-order valence-corrected chi connectivity index (χ0v) is 20.1. The molecule has 3 aromatic carbocycles. The summed E-state index contributed by atoms with van der Waals surface area (Å²) in [6.45, 7) is 3.70. The SMILES string of the molecule is COc1ccc(CC(=O)NCCCCCc2nc3ccccc3n2Cc2ccccc2C)cc1. The van der Waals surface area contributed by atoms with Gasteiger partial charge in [0.1, 0.15) is 11.6 Å². The van der Waals surface area contributed by atoms with Crippen molar-refractivity contribution in [2.75, 3.05) is 13.7 Å². The maximum absolute atomic E-state index is 12.2. The summed E-state index contributed by atoms with van der Waals surface area (Å²) in [7, 11) is 1.64. The minimum Gasteiger partial charge on any atom is -0.497 e. The molecule has 176 valence electrons. The third kappa shape index (κ3) is 6.04. The number of hydrogen-bond acceptors (Lipinski definition) is 3. The lowest BCUT2D eigenvalue weighted by atomic mass is 10.1. The van der Waals surface area contributed by atoms with Gasteiger partial charge in [-0.15, -0.1) is 0 Å². The number of rotatable bonds is 11. The molecule has 4 rings (SSSR count). The second-order valence-corrected chi connectivity index (χ2v) is 8.71. The monoisotopic (exact) mass is 455 g/mol. The second-order valence-electron chi connectivity index (χ2n) is 8.71. The number of hydrogen-bond donors (Lipinski definition) is 1. The normalized spacial score (nSPS) is 11.0. The number of ether oxygens (including phenoxy) is 1. The number of amides is 1. The van der Waals surface area contributed by atoms with Crippen molar-refractivity contribution < 1.29 is 9.53 Å². The number of carbonyl (C=O) groups excluding carboxylic acids is 1. The average molecular weight is 456 g/mol. The number of benzene rings is 3. The van der Waals surface area contributed by atoms with Crippen LogP contribution in [0.25, 0.3) is 11.0 Å². The third-order valence-electron chi connectivity index (χ3n) is 6.25. The molecule has 0 radical (unpaired) electrons. The Bertz CT molecular complexity index is 1230. The Morgan fingerprint density at radius 3 is 2.50 bits per heavy atom. The second kappa shape index (κ2) is 11.5. The Kier molecular flexibility index (Phi) is 7.97. The summed E-state index contributed by atoms with van der Waals surface area (Å²) >= 11 is 0. The first kappa shape index (κ1) is 23.6. The molecular formula is C29H33N3O2. The van der Waals surface area contributed by atoms with Gasteiger partial charge in [0, 0.05) is 19.5 Å². The van der Waals surface area contributed by atoms with E-state index in [-0.39, 0.29) is 5.91 Å². The van der Waals surface area contributed by atoms with Gasteiger partial charge in [-0.1, -0.05) is 55.0 Å². The summed E-state index contributed by atoms with van der Waals surface area (Å²) in [4.78, 5) is 17.1. The van der Waals surface area contributed by atoms with Crippen molar-refractivity contribution in [3.63, 3.8) is 0 Å². The predicted molar refractivity (Wildman–Crippen MR) is 137 cm³/mol. The van der Waals surface area contributed by atoms with Crippen LogP contribution in [-0.2, 0) is 24.2 Å². The third-order valence-corrected chi connectivity index (χ3v) is 6.25. The molecule has 0 spiro atoms. The number of fused-ring (bicyclic) bond motifs is 1. The summed E-state index contributed by atoms with van der Waals surface area (Å²) in [6, 6.07) is 24.6. The Morgan fingerprint density at radius 2 is 1.71 bits per heavy atom.